The number of rotatable bonds is 3. The van der Waals surface area contributed by atoms with Crippen molar-refractivity contribution in [1.82, 2.24) is 15.2 Å². The minimum atomic E-state index is -0.330. The minimum absolute atomic E-state index is 0.0217. The van der Waals surface area contributed by atoms with Crippen LogP contribution in [0.5, 0.6) is 5.75 Å². The van der Waals surface area contributed by atoms with E-state index in [2.05, 4.69) is 21.3 Å². The van der Waals surface area contributed by atoms with Crippen LogP contribution in [0.25, 0.3) is 0 Å². The second kappa shape index (κ2) is 8.78. The average Bonchev–Trinajstić information content (AvgIpc) is 2.87. The van der Waals surface area contributed by atoms with E-state index in [4.69, 9.17) is 9.47 Å². The van der Waals surface area contributed by atoms with E-state index in [9.17, 15) is 9.59 Å². The van der Waals surface area contributed by atoms with E-state index < -0.39 is 0 Å². The van der Waals surface area contributed by atoms with Gasteiger partial charge in [0.2, 0.25) is 0 Å². The predicted molar refractivity (Wildman–Crippen MR) is 119 cm³/mol. The summed E-state index contributed by atoms with van der Waals surface area (Å²) in [7, 11) is 1.39. The monoisotopic (exact) mass is 436 g/mol. The lowest BCUT2D eigenvalue weighted by Gasteiger charge is -2.41. The van der Waals surface area contributed by atoms with Crippen molar-refractivity contribution in [2.75, 3.05) is 38.3 Å². The Labute approximate surface area is 187 Å². The summed E-state index contributed by atoms with van der Waals surface area (Å²) >= 11 is 0. The Kier molecular flexibility index (Phi) is 5.70. The Balaban J connectivity index is 1.33. The summed E-state index contributed by atoms with van der Waals surface area (Å²) in [6, 6.07) is 1.86. The number of anilines is 1. The van der Waals surface area contributed by atoms with Gasteiger partial charge in [0.05, 0.1) is 37.0 Å². The number of pyridine rings is 1. The summed E-state index contributed by atoms with van der Waals surface area (Å²) in [6.45, 7) is 2.87. The van der Waals surface area contributed by atoms with Crippen LogP contribution in [0.3, 0.4) is 0 Å². The number of ether oxygens (including phenoxy) is 2. The second-order valence-corrected chi connectivity index (χ2v) is 8.49. The second-order valence-electron chi connectivity index (χ2n) is 8.49. The fraction of sp³-hybridized carbons (Fsp3) is 0.458. The highest BCUT2D eigenvalue weighted by Gasteiger charge is 2.32. The summed E-state index contributed by atoms with van der Waals surface area (Å²) in [5.41, 5.74) is 2.20. The van der Waals surface area contributed by atoms with E-state index in [0.717, 1.165) is 43.7 Å². The van der Waals surface area contributed by atoms with E-state index in [-0.39, 0.29) is 24.1 Å². The average molecular weight is 437 g/mol. The maximum absolute atomic E-state index is 12.9. The minimum Gasteiger partial charge on any atom is -0.488 e. The molecule has 0 aromatic carbocycles. The number of fused-ring (bicyclic) bond motifs is 2. The fourth-order valence-electron chi connectivity index (χ4n) is 4.77. The van der Waals surface area contributed by atoms with Crippen LogP contribution >= 0.6 is 0 Å². The van der Waals surface area contributed by atoms with Gasteiger partial charge in [-0.1, -0.05) is 12.2 Å². The Morgan fingerprint density at radius 2 is 2.06 bits per heavy atom. The zero-order chi connectivity index (χ0) is 22.1. The van der Waals surface area contributed by atoms with E-state index in [1.807, 2.05) is 23.1 Å². The molecule has 8 nitrogen and oxygen atoms in total. The smallest absolute Gasteiger partial charge is 0.337 e. The highest BCUT2D eigenvalue weighted by molar-refractivity contribution is 5.95. The lowest BCUT2D eigenvalue weighted by Crippen LogP contribution is -2.54. The first-order valence-corrected chi connectivity index (χ1v) is 11.3. The topological polar surface area (TPSA) is 84.0 Å². The van der Waals surface area contributed by atoms with Crippen LogP contribution < -0.4 is 15.0 Å². The van der Waals surface area contributed by atoms with Crippen molar-refractivity contribution in [3.63, 3.8) is 0 Å². The lowest BCUT2D eigenvalue weighted by atomic mass is 9.92. The molecule has 0 saturated carbocycles. The maximum atomic E-state index is 12.9. The van der Waals surface area contributed by atoms with Gasteiger partial charge in [0, 0.05) is 19.3 Å². The highest BCUT2D eigenvalue weighted by atomic mass is 16.5. The third kappa shape index (κ3) is 3.90. The zero-order valence-corrected chi connectivity index (χ0v) is 18.3. The number of hydrogen-bond donors (Lipinski definition) is 1. The molecule has 1 N–H and O–H groups in total. The Bertz CT molecular complexity index is 1010. The number of aromatic nitrogens is 1. The van der Waals surface area contributed by atoms with Crippen molar-refractivity contribution in [3.8, 4) is 5.75 Å². The molecule has 1 amide bonds. The van der Waals surface area contributed by atoms with Crippen molar-refractivity contribution in [1.29, 1.82) is 0 Å². The number of piperidine rings is 1. The zero-order valence-electron chi connectivity index (χ0n) is 18.3. The van der Waals surface area contributed by atoms with Gasteiger partial charge in [0.1, 0.15) is 6.61 Å². The number of nitrogens with one attached hydrogen (secondary N) is 1. The SMILES string of the molecule is COC(=O)C1=CC2=CCC(N3CCOc4cc(C(=O)N5CCCCC5)cnc43)NC2C=C1. The van der Waals surface area contributed by atoms with Crippen molar-refractivity contribution in [2.24, 2.45) is 0 Å². The number of carbonyl (C=O) groups is 2. The molecule has 0 spiro atoms. The van der Waals surface area contributed by atoms with Crippen LogP contribution in [-0.4, -0.2) is 67.3 Å². The largest absolute Gasteiger partial charge is 0.488 e. The Hall–Kier alpha value is -3.13. The van der Waals surface area contributed by atoms with Gasteiger partial charge < -0.3 is 19.3 Å². The number of hydrogen-bond acceptors (Lipinski definition) is 7. The van der Waals surface area contributed by atoms with E-state index in [0.29, 0.717) is 30.0 Å². The molecule has 1 fully saturated rings. The number of carbonyl (C=O) groups excluding carboxylic acids is 2. The molecule has 2 atom stereocenters. The van der Waals surface area contributed by atoms with Crippen molar-refractivity contribution in [2.45, 2.75) is 37.9 Å². The van der Waals surface area contributed by atoms with Crippen molar-refractivity contribution in [3.05, 3.63) is 53.3 Å². The van der Waals surface area contributed by atoms with Gasteiger partial charge in [0.25, 0.3) is 5.91 Å². The summed E-state index contributed by atoms with van der Waals surface area (Å²) in [4.78, 5) is 33.5. The summed E-state index contributed by atoms with van der Waals surface area (Å²) < 4.78 is 10.7. The predicted octanol–water partition coefficient (Wildman–Crippen LogP) is 2.19. The molecule has 1 aromatic heterocycles. The van der Waals surface area contributed by atoms with Gasteiger partial charge in [-0.3, -0.25) is 10.1 Å². The molecule has 168 valence electrons. The number of methoxy groups -OCH3 is 1. The number of nitrogens with zero attached hydrogens (tertiary/aromatic N) is 3. The third-order valence-electron chi connectivity index (χ3n) is 6.48. The molecule has 0 bridgehead atoms. The molecule has 2 unspecified atom stereocenters. The lowest BCUT2D eigenvalue weighted by molar-refractivity contribution is -0.135. The molecule has 3 aliphatic heterocycles. The molecule has 5 rings (SSSR count). The van der Waals surface area contributed by atoms with Gasteiger partial charge in [-0.25, -0.2) is 9.78 Å². The van der Waals surface area contributed by atoms with Crippen LogP contribution in [-0.2, 0) is 9.53 Å². The molecule has 0 radical (unpaired) electrons. The van der Waals surface area contributed by atoms with Crippen LogP contribution in [0.1, 0.15) is 36.0 Å². The molecular weight excluding hydrogens is 408 g/mol. The highest BCUT2D eigenvalue weighted by Crippen LogP contribution is 2.34. The van der Waals surface area contributed by atoms with Gasteiger partial charge >= 0.3 is 5.97 Å². The first kappa shape index (κ1) is 20.8. The Morgan fingerprint density at radius 1 is 1.22 bits per heavy atom. The molecule has 32 heavy (non-hydrogen) atoms. The number of esters is 1. The van der Waals surface area contributed by atoms with Crippen molar-refractivity contribution < 1.29 is 19.1 Å². The van der Waals surface area contributed by atoms with E-state index in [1.54, 1.807) is 12.3 Å². The van der Waals surface area contributed by atoms with Crippen LogP contribution in [0.15, 0.2) is 47.7 Å². The Morgan fingerprint density at radius 3 is 2.88 bits per heavy atom. The third-order valence-corrected chi connectivity index (χ3v) is 6.48. The summed E-state index contributed by atoms with van der Waals surface area (Å²) in [6.07, 6.45) is 13.6. The fourth-order valence-corrected chi connectivity index (χ4v) is 4.77. The van der Waals surface area contributed by atoms with Gasteiger partial charge in [-0.2, -0.15) is 0 Å². The van der Waals surface area contributed by atoms with Crippen molar-refractivity contribution >= 4 is 17.7 Å². The summed E-state index contributed by atoms with van der Waals surface area (Å²) in [5, 5.41) is 3.64. The quantitative estimate of drug-likeness (QED) is 0.727. The van der Waals surface area contributed by atoms with Gasteiger partial charge in [-0.05, 0) is 49.5 Å². The summed E-state index contributed by atoms with van der Waals surface area (Å²) in [5.74, 6) is 1.11. The molecule has 1 aliphatic carbocycles. The molecule has 4 heterocycles. The van der Waals surface area contributed by atoms with E-state index >= 15 is 0 Å². The van der Waals surface area contributed by atoms with Crippen LogP contribution in [0, 0.1) is 0 Å². The van der Waals surface area contributed by atoms with Crippen LogP contribution in [0.4, 0.5) is 5.82 Å². The molecule has 1 aromatic rings. The standard InChI is InChI=1S/C24H28N4O4/c1-31-24(30)17-5-7-19-16(13-17)6-8-21(26-19)28-11-12-32-20-14-18(15-25-22(20)28)23(29)27-9-3-2-4-10-27/h5-7,13-15,19,21,26H,2-4,8-12H2,1H3. The van der Waals surface area contributed by atoms with Crippen LogP contribution in [0.2, 0.25) is 0 Å². The first-order valence-electron chi connectivity index (χ1n) is 11.3. The first-order chi connectivity index (χ1) is 15.6. The molecule has 4 aliphatic rings. The number of amides is 1. The van der Waals surface area contributed by atoms with E-state index in [1.165, 1.54) is 13.5 Å². The normalized spacial score (nSPS) is 24.5. The molecule has 1 saturated heterocycles. The van der Waals surface area contributed by atoms with Gasteiger partial charge in [-0.15, -0.1) is 0 Å². The molecular formula is C24H28N4O4. The number of likely N-dealkylation sites (tertiary alicyclic amines) is 1. The maximum Gasteiger partial charge on any atom is 0.337 e. The molecule has 8 heteroatoms. The van der Waals surface area contributed by atoms with Gasteiger partial charge in [0.15, 0.2) is 11.6 Å².